The van der Waals surface area contributed by atoms with Crippen LogP contribution in [0.15, 0.2) is 18.3 Å². The van der Waals surface area contributed by atoms with Gasteiger partial charge in [0.05, 0.1) is 12.5 Å². The SMILES string of the molecule is CCOC(=O)[C@@H]1CCCN(C(=O)c2ccnc(F)c2)C1. The topological polar surface area (TPSA) is 59.5 Å². The van der Waals surface area contributed by atoms with Gasteiger partial charge in [-0.1, -0.05) is 0 Å². The highest BCUT2D eigenvalue weighted by atomic mass is 19.1. The first-order chi connectivity index (χ1) is 9.61. The number of ether oxygens (including phenoxy) is 1. The Labute approximate surface area is 116 Å². The molecule has 1 amide bonds. The molecule has 1 saturated heterocycles. The number of carbonyl (C=O) groups is 2. The Kier molecular flexibility index (Phi) is 4.65. The lowest BCUT2D eigenvalue weighted by Crippen LogP contribution is -2.42. The van der Waals surface area contributed by atoms with E-state index < -0.39 is 5.95 Å². The molecule has 1 aliphatic rings. The van der Waals surface area contributed by atoms with Crippen LogP contribution in [0, 0.1) is 11.9 Å². The first-order valence-electron chi connectivity index (χ1n) is 6.69. The van der Waals surface area contributed by atoms with Gasteiger partial charge in [0, 0.05) is 30.9 Å². The third kappa shape index (κ3) is 3.31. The highest BCUT2D eigenvalue weighted by molar-refractivity contribution is 5.94. The standard InChI is InChI=1S/C14H17FN2O3/c1-2-20-14(19)11-4-3-7-17(9-11)13(18)10-5-6-16-12(15)8-10/h5-6,8,11H,2-4,7,9H2,1H3/t11-/m1/s1. The van der Waals surface area contributed by atoms with Crippen molar-refractivity contribution in [1.82, 2.24) is 9.88 Å². The van der Waals surface area contributed by atoms with E-state index in [2.05, 4.69) is 4.98 Å². The predicted octanol–water partition coefficient (Wildman–Crippen LogP) is 1.64. The van der Waals surface area contributed by atoms with E-state index in [-0.39, 0.29) is 23.4 Å². The number of piperidine rings is 1. The lowest BCUT2D eigenvalue weighted by Gasteiger charge is -2.31. The van der Waals surface area contributed by atoms with Gasteiger partial charge in [-0.25, -0.2) is 4.98 Å². The summed E-state index contributed by atoms with van der Waals surface area (Å²) in [6.45, 7) is 2.97. The molecular formula is C14H17FN2O3. The second-order valence-electron chi connectivity index (χ2n) is 4.71. The molecule has 6 heteroatoms. The second kappa shape index (κ2) is 6.45. The van der Waals surface area contributed by atoms with Gasteiger partial charge in [0.15, 0.2) is 0 Å². The number of nitrogens with zero attached hydrogens (tertiary/aromatic N) is 2. The summed E-state index contributed by atoms with van der Waals surface area (Å²) in [4.78, 5) is 29.0. The van der Waals surface area contributed by atoms with Gasteiger partial charge in [0.25, 0.3) is 5.91 Å². The van der Waals surface area contributed by atoms with Crippen molar-refractivity contribution in [2.45, 2.75) is 19.8 Å². The number of rotatable bonds is 3. The Morgan fingerprint density at radius 2 is 2.35 bits per heavy atom. The summed E-state index contributed by atoms with van der Waals surface area (Å²) < 4.78 is 18.0. The fraction of sp³-hybridized carbons (Fsp3) is 0.500. The van der Waals surface area contributed by atoms with Crippen LogP contribution in [0.25, 0.3) is 0 Å². The van der Waals surface area contributed by atoms with Crippen molar-refractivity contribution in [2.24, 2.45) is 5.92 Å². The largest absolute Gasteiger partial charge is 0.466 e. The lowest BCUT2D eigenvalue weighted by atomic mass is 9.97. The molecule has 0 saturated carbocycles. The van der Waals surface area contributed by atoms with Crippen molar-refractivity contribution in [3.63, 3.8) is 0 Å². The van der Waals surface area contributed by atoms with Crippen LogP contribution >= 0.6 is 0 Å². The summed E-state index contributed by atoms with van der Waals surface area (Å²) in [6.07, 6.45) is 2.71. The first-order valence-corrected chi connectivity index (χ1v) is 6.69. The van der Waals surface area contributed by atoms with Gasteiger partial charge >= 0.3 is 5.97 Å². The summed E-state index contributed by atoms with van der Waals surface area (Å²) in [7, 11) is 0. The molecule has 0 unspecified atom stereocenters. The lowest BCUT2D eigenvalue weighted by molar-refractivity contribution is -0.149. The van der Waals surface area contributed by atoms with Gasteiger partial charge in [-0.15, -0.1) is 0 Å². The molecule has 0 spiro atoms. The van der Waals surface area contributed by atoms with Crippen molar-refractivity contribution in [3.8, 4) is 0 Å². The number of pyridine rings is 1. The van der Waals surface area contributed by atoms with Crippen LogP contribution in [-0.4, -0.2) is 41.5 Å². The quantitative estimate of drug-likeness (QED) is 0.624. The summed E-state index contributed by atoms with van der Waals surface area (Å²) in [5.41, 5.74) is 0.252. The molecule has 1 aromatic rings. The van der Waals surface area contributed by atoms with Gasteiger partial charge < -0.3 is 9.64 Å². The highest BCUT2D eigenvalue weighted by Crippen LogP contribution is 2.20. The fourth-order valence-electron chi connectivity index (χ4n) is 2.33. The molecule has 2 rings (SSSR count). The Morgan fingerprint density at radius 3 is 3.05 bits per heavy atom. The maximum Gasteiger partial charge on any atom is 0.310 e. The van der Waals surface area contributed by atoms with Crippen LogP contribution in [0.1, 0.15) is 30.1 Å². The van der Waals surface area contributed by atoms with Crippen LogP contribution < -0.4 is 0 Å². The normalized spacial score (nSPS) is 18.7. The van der Waals surface area contributed by atoms with E-state index in [1.807, 2.05) is 0 Å². The van der Waals surface area contributed by atoms with E-state index >= 15 is 0 Å². The molecule has 108 valence electrons. The van der Waals surface area contributed by atoms with Crippen molar-refractivity contribution in [3.05, 3.63) is 29.8 Å². The molecule has 0 aliphatic carbocycles. The molecule has 0 radical (unpaired) electrons. The zero-order valence-corrected chi connectivity index (χ0v) is 11.3. The molecule has 1 aliphatic heterocycles. The monoisotopic (exact) mass is 280 g/mol. The average molecular weight is 280 g/mol. The van der Waals surface area contributed by atoms with E-state index in [9.17, 15) is 14.0 Å². The first kappa shape index (κ1) is 14.4. The molecule has 0 aromatic carbocycles. The minimum atomic E-state index is -0.685. The zero-order chi connectivity index (χ0) is 14.5. The number of halogens is 1. The smallest absolute Gasteiger partial charge is 0.310 e. The van der Waals surface area contributed by atoms with E-state index in [0.717, 1.165) is 12.5 Å². The van der Waals surface area contributed by atoms with Gasteiger partial charge in [-0.05, 0) is 25.8 Å². The average Bonchev–Trinajstić information content (AvgIpc) is 2.47. The molecule has 0 N–H and O–H groups in total. The second-order valence-corrected chi connectivity index (χ2v) is 4.71. The Hall–Kier alpha value is -1.98. The van der Waals surface area contributed by atoms with E-state index in [0.29, 0.717) is 26.1 Å². The minimum absolute atomic E-state index is 0.252. The van der Waals surface area contributed by atoms with Gasteiger partial charge in [-0.3, -0.25) is 9.59 Å². The number of amides is 1. The Balaban J connectivity index is 2.05. The van der Waals surface area contributed by atoms with Crippen molar-refractivity contribution < 1.29 is 18.7 Å². The summed E-state index contributed by atoms with van der Waals surface area (Å²) in [5.74, 6) is -1.53. The predicted molar refractivity (Wildman–Crippen MR) is 69.5 cm³/mol. The third-order valence-corrected chi connectivity index (χ3v) is 3.30. The number of likely N-dealkylation sites (tertiary alicyclic amines) is 1. The van der Waals surface area contributed by atoms with Gasteiger partial charge in [0.2, 0.25) is 5.95 Å². The minimum Gasteiger partial charge on any atom is -0.466 e. The molecule has 1 atom stereocenters. The zero-order valence-electron chi connectivity index (χ0n) is 11.3. The molecule has 2 heterocycles. The van der Waals surface area contributed by atoms with Crippen molar-refractivity contribution >= 4 is 11.9 Å². The van der Waals surface area contributed by atoms with Crippen molar-refractivity contribution in [2.75, 3.05) is 19.7 Å². The van der Waals surface area contributed by atoms with Crippen LogP contribution in [-0.2, 0) is 9.53 Å². The number of hydrogen-bond donors (Lipinski definition) is 0. The van der Waals surface area contributed by atoms with E-state index in [1.165, 1.54) is 12.3 Å². The summed E-state index contributed by atoms with van der Waals surface area (Å²) in [5, 5.41) is 0. The molecule has 1 aromatic heterocycles. The van der Waals surface area contributed by atoms with Gasteiger partial charge in [0.1, 0.15) is 0 Å². The summed E-state index contributed by atoms with van der Waals surface area (Å²) in [6, 6.07) is 2.58. The summed E-state index contributed by atoms with van der Waals surface area (Å²) >= 11 is 0. The van der Waals surface area contributed by atoms with Gasteiger partial charge in [-0.2, -0.15) is 4.39 Å². The Bertz CT molecular complexity index is 507. The van der Waals surface area contributed by atoms with Crippen LogP contribution in [0.2, 0.25) is 0 Å². The van der Waals surface area contributed by atoms with Crippen LogP contribution in [0.4, 0.5) is 4.39 Å². The third-order valence-electron chi connectivity index (χ3n) is 3.30. The number of hydrogen-bond acceptors (Lipinski definition) is 4. The molecular weight excluding hydrogens is 263 g/mol. The van der Waals surface area contributed by atoms with Crippen molar-refractivity contribution in [1.29, 1.82) is 0 Å². The maximum atomic E-state index is 13.0. The molecule has 0 bridgehead atoms. The maximum absolute atomic E-state index is 13.0. The van der Waals surface area contributed by atoms with Crippen LogP contribution in [0.5, 0.6) is 0 Å². The molecule has 1 fully saturated rings. The molecule has 5 nitrogen and oxygen atoms in total. The molecule has 20 heavy (non-hydrogen) atoms. The Morgan fingerprint density at radius 1 is 1.55 bits per heavy atom. The highest BCUT2D eigenvalue weighted by Gasteiger charge is 2.29. The number of esters is 1. The fourth-order valence-corrected chi connectivity index (χ4v) is 2.33. The van der Waals surface area contributed by atoms with E-state index in [4.69, 9.17) is 4.74 Å². The van der Waals surface area contributed by atoms with E-state index in [1.54, 1.807) is 11.8 Å². The number of carbonyl (C=O) groups excluding carboxylic acids is 2. The number of aromatic nitrogens is 1. The van der Waals surface area contributed by atoms with Crippen LogP contribution in [0.3, 0.4) is 0 Å².